The first-order valence-electron chi connectivity index (χ1n) is 11.4. The molecule has 0 saturated heterocycles. The molecule has 3 aromatic rings. The Hall–Kier alpha value is -4.08. The average molecular weight is 495 g/mol. The zero-order valence-corrected chi connectivity index (χ0v) is 19.0. The smallest absolute Gasteiger partial charge is 0.416 e. The summed E-state index contributed by atoms with van der Waals surface area (Å²) in [6.45, 7) is 1.89. The Kier molecular flexibility index (Phi) is 4.79. The SMILES string of the molecule is CC12Oc3ccc(Oc4ccnc5c4CCC(=O)N5)cc3[C@H]1[C@@H]2NC(=O)c1ccc(C(F)(F)F)cc1. The van der Waals surface area contributed by atoms with Crippen molar-refractivity contribution in [1.29, 1.82) is 0 Å². The number of aromatic nitrogens is 1. The molecule has 3 aliphatic rings. The molecule has 1 aromatic heterocycles. The number of hydrogen-bond acceptors (Lipinski definition) is 5. The summed E-state index contributed by atoms with van der Waals surface area (Å²) >= 11 is 0. The van der Waals surface area contributed by atoms with E-state index in [0.29, 0.717) is 35.9 Å². The molecule has 1 unspecified atom stereocenters. The standard InChI is InChI=1S/C26H20F3N3O4/c1-25-21(22(25)32-24(34)13-2-4-14(5-3-13)26(27,28)29)17-12-15(6-8-19(17)36-25)35-18-10-11-30-23-16(18)7-9-20(33)31-23/h2-6,8,10-12,21-22H,7,9H2,1H3,(H,32,34)(H,30,31,33)/t21-,22-,25?/m0/s1. The number of carbonyl (C=O) groups is 2. The van der Waals surface area contributed by atoms with Crippen molar-refractivity contribution in [2.75, 3.05) is 5.32 Å². The van der Waals surface area contributed by atoms with Crippen molar-refractivity contribution in [1.82, 2.24) is 10.3 Å². The first-order valence-corrected chi connectivity index (χ1v) is 11.4. The van der Waals surface area contributed by atoms with Gasteiger partial charge in [-0.05, 0) is 61.9 Å². The maximum Gasteiger partial charge on any atom is 0.416 e. The molecule has 7 nitrogen and oxygen atoms in total. The highest BCUT2D eigenvalue weighted by molar-refractivity contribution is 5.95. The van der Waals surface area contributed by atoms with Gasteiger partial charge < -0.3 is 20.1 Å². The number of rotatable bonds is 4. The van der Waals surface area contributed by atoms with Gasteiger partial charge in [0, 0.05) is 29.3 Å². The zero-order chi connectivity index (χ0) is 25.2. The topological polar surface area (TPSA) is 89.6 Å². The number of amides is 2. The minimum absolute atomic E-state index is 0.0840. The predicted octanol–water partition coefficient (Wildman–Crippen LogP) is 4.82. The van der Waals surface area contributed by atoms with Crippen LogP contribution in [0.2, 0.25) is 0 Å². The average Bonchev–Trinajstić information content (AvgIpc) is 3.26. The molecule has 6 rings (SSSR count). The van der Waals surface area contributed by atoms with Gasteiger partial charge in [0.05, 0.1) is 17.5 Å². The number of anilines is 1. The number of fused-ring (bicyclic) bond motifs is 4. The third kappa shape index (κ3) is 3.64. The number of ether oxygens (including phenoxy) is 2. The number of alkyl halides is 3. The molecule has 0 spiro atoms. The summed E-state index contributed by atoms with van der Waals surface area (Å²) in [6, 6.07) is 11.0. The molecule has 2 aliphatic heterocycles. The Labute approximate surface area is 203 Å². The molecule has 3 heterocycles. The quantitative estimate of drug-likeness (QED) is 0.542. The number of nitrogens with one attached hydrogen (secondary N) is 2. The third-order valence-corrected chi connectivity index (χ3v) is 6.97. The van der Waals surface area contributed by atoms with Gasteiger partial charge in [0.1, 0.15) is 28.7 Å². The highest BCUT2D eigenvalue weighted by atomic mass is 19.4. The van der Waals surface area contributed by atoms with E-state index in [9.17, 15) is 22.8 Å². The molecule has 2 amide bonds. The van der Waals surface area contributed by atoms with Crippen LogP contribution in [-0.2, 0) is 17.4 Å². The lowest BCUT2D eigenvalue weighted by molar-refractivity contribution is -0.137. The second kappa shape index (κ2) is 7.71. The van der Waals surface area contributed by atoms with Crippen molar-refractivity contribution in [3.05, 3.63) is 77.0 Å². The van der Waals surface area contributed by atoms with E-state index in [1.165, 1.54) is 0 Å². The van der Waals surface area contributed by atoms with E-state index >= 15 is 0 Å². The molecule has 1 fully saturated rings. The van der Waals surface area contributed by atoms with Crippen molar-refractivity contribution in [2.24, 2.45) is 0 Å². The van der Waals surface area contributed by atoms with E-state index in [4.69, 9.17) is 9.47 Å². The summed E-state index contributed by atoms with van der Waals surface area (Å²) in [5, 5.41) is 5.64. The van der Waals surface area contributed by atoms with E-state index < -0.39 is 23.2 Å². The third-order valence-electron chi connectivity index (χ3n) is 6.97. The van der Waals surface area contributed by atoms with Crippen LogP contribution in [-0.4, -0.2) is 28.4 Å². The number of nitrogens with zero attached hydrogens (tertiary/aromatic N) is 1. The fourth-order valence-corrected chi connectivity index (χ4v) is 5.01. The largest absolute Gasteiger partial charge is 0.484 e. The molecular weight excluding hydrogens is 475 g/mol. The van der Waals surface area contributed by atoms with E-state index in [1.54, 1.807) is 18.3 Å². The van der Waals surface area contributed by atoms with E-state index in [1.807, 2.05) is 19.1 Å². The Morgan fingerprint density at radius 2 is 1.94 bits per heavy atom. The molecule has 3 atom stereocenters. The highest BCUT2D eigenvalue weighted by Gasteiger charge is 2.70. The zero-order valence-electron chi connectivity index (χ0n) is 19.0. The first kappa shape index (κ1) is 22.4. The molecule has 10 heteroatoms. The Morgan fingerprint density at radius 1 is 1.17 bits per heavy atom. The van der Waals surface area contributed by atoms with Crippen LogP contribution < -0.4 is 20.1 Å². The monoisotopic (exact) mass is 495 g/mol. The van der Waals surface area contributed by atoms with Crippen LogP contribution in [0.15, 0.2) is 54.7 Å². The van der Waals surface area contributed by atoms with Gasteiger partial charge in [-0.15, -0.1) is 0 Å². The van der Waals surface area contributed by atoms with E-state index in [0.717, 1.165) is 35.4 Å². The van der Waals surface area contributed by atoms with Crippen molar-refractivity contribution in [3.63, 3.8) is 0 Å². The van der Waals surface area contributed by atoms with Gasteiger partial charge in [0.25, 0.3) is 5.91 Å². The lowest BCUT2D eigenvalue weighted by Gasteiger charge is -2.19. The Balaban J connectivity index is 1.19. The second-order valence-electron chi connectivity index (χ2n) is 9.28. The predicted molar refractivity (Wildman–Crippen MR) is 122 cm³/mol. The van der Waals surface area contributed by atoms with Gasteiger partial charge in [-0.25, -0.2) is 4.98 Å². The number of halogens is 3. The number of benzene rings is 2. The summed E-state index contributed by atoms with van der Waals surface area (Å²) < 4.78 is 50.7. The molecule has 0 radical (unpaired) electrons. The van der Waals surface area contributed by atoms with Crippen molar-refractivity contribution in [2.45, 2.75) is 43.5 Å². The van der Waals surface area contributed by atoms with Gasteiger partial charge in [-0.2, -0.15) is 13.2 Å². The van der Waals surface area contributed by atoms with Crippen LogP contribution in [0.3, 0.4) is 0 Å². The van der Waals surface area contributed by atoms with Crippen molar-refractivity contribution < 1.29 is 32.2 Å². The Bertz CT molecular complexity index is 1410. The number of carbonyl (C=O) groups excluding carboxylic acids is 2. The van der Waals surface area contributed by atoms with Crippen LogP contribution >= 0.6 is 0 Å². The van der Waals surface area contributed by atoms with Gasteiger partial charge in [-0.1, -0.05) is 0 Å². The molecule has 1 saturated carbocycles. The second-order valence-corrected chi connectivity index (χ2v) is 9.28. The lowest BCUT2D eigenvalue weighted by atomic mass is 10.1. The van der Waals surface area contributed by atoms with Crippen LogP contribution in [0.25, 0.3) is 0 Å². The summed E-state index contributed by atoms with van der Waals surface area (Å²) in [7, 11) is 0. The van der Waals surface area contributed by atoms with Gasteiger partial charge >= 0.3 is 6.18 Å². The minimum Gasteiger partial charge on any atom is -0.484 e. The fourth-order valence-electron chi connectivity index (χ4n) is 5.01. The number of hydrogen-bond donors (Lipinski definition) is 2. The molecular formula is C26H20F3N3O4. The van der Waals surface area contributed by atoms with Gasteiger partial charge in [-0.3, -0.25) is 9.59 Å². The minimum atomic E-state index is -4.46. The molecule has 184 valence electrons. The maximum absolute atomic E-state index is 12.8. The molecule has 1 aliphatic carbocycles. The van der Waals surface area contributed by atoms with Crippen molar-refractivity contribution in [3.8, 4) is 17.2 Å². The molecule has 2 aromatic carbocycles. The molecule has 2 N–H and O–H groups in total. The maximum atomic E-state index is 12.8. The fraction of sp³-hybridized carbons (Fsp3) is 0.269. The van der Waals surface area contributed by atoms with Crippen LogP contribution in [0.1, 0.15) is 46.3 Å². The summed E-state index contributed by atoms with van der Waals surface area (Å²) in [5.41, 5.74) is 0.388. The highest BCUT2D eigenvalue weighted by Crippen LogP contribution is 2.62. The summed E-state index contributed by atoms with van der Waals surface area (Å²) in [4.78, 5) is 28.6. The van der Waals surface area contributed by atoms with Crippen LogP contribution in [0.4, 0.5) is 19.0 Å². The summed E-state index contributed by atoms with van der Waals surface area (Å²) in [6.07, 6.45) is -2.01. The lowest BCUT2D eigenvalue weighted by Crippen LogP contribution is -2.34. The van der Waals surface area contributed by atoms with Gasteiger partial charge in [0.2, 0.25) is 5.91 Å². The van der Waals surface area contributed by atoms with Gasteiger partial charge in [0.15, 0.2) is 0 Å². The molecule has 0 bridgehead atoms. The van der Waals surface area contributed by atoms with Crippen LogP contribution in [0, 0.1) is 0 Å². The number of pyridine rings is 1. The van der Waals surface area contributed by atoms with Crippen LogP contribution in [0.5, 0.6) is 17.2 Å². The van der Waals surface area contributed by atoms with Crippen molar-refractivity contribution >= 4 is 17.6 Å². The van der Waals surface area contributed by atoms with E-state index in [-0.39, 0.29) is 23.4 Å². The first-order chi connectivity index (χ1) is 17.1. The summed E-state index contributed by atoms with van der Waals surface area (Å²) in [5.74, 6) is 1.69. The normalized spacial score (nSPS) is 23.5. The molecule has 36 heavy (non-hydrogen) atoms. The Morgan fingerprint density at radius 3 is 2.69 bits per heavy atom. The van der Waals surface area contributed by atoms with E-state index in [2.05, 4.69) is 15.6 Å².